The van der Waals surface area contributed by atoms with Gasteiger partial charge in [0.2, 0.25) is 0 Å². The second-order valence-electron chi connectivity index (χ2n) is 5.68. The fraction of sp³-hybridized carbons (Fsp3) is 0.733. The summed E-state index contributed by atoms with van der Waals surface area (Å²) in [5.41, 5.74) is 0. The lowest BCUT2D eigenvalue weighted by atomic mass is 9.98. The minimum absolute atomic E-state index is 0.332. The zero-order valence-corrected chi connectivity index (χ0v) is 12.3. The van der Waals surface area contributed by atoms with Crippen LogP contribution in [-0.2, 0) is 11.3 Å². The topological polar surface area (TPSA) is 57.9 Å². The Bertz CT molecular complexity index is 356. The lowest BCUT2D eigenvalue weighted by molar-refractivity contribution is 0.0220. The monoisotopic (exact) mass is 282 g/mol. The number of piperidine rings is 1. The zero-order chi connectivity index (χ0) is 14.2. The van der Waals surface area contributed by atoms with Gasteiger partial charge in [0, 0.05) is 13.1 Å². The first-order valence-electron chi connectivity index (χ1n) is 7.41. The van der Waals surface area contributed by atoms with Gasteiger partial charge in [-0.2, -0.15) is 0 Å². The SMILES string of the molecule is CN1CCCC(CNCC(O)COCc2ccco2)C1. The van der Waals surface area contributed by atoms with Gasteiger partial charge < -0.3 is 24.5 Å². The molecule has 1 aromatic heterocycles. The molecule has 1 aliphatic heterocycles. The number of furan rings is 1. The molecule has 1 aliphatic rings. The van der Waals surface area contributed by atoms with Gasteiger partial charge in [-0.05, 0) is 51.0 Å². The molecule has 0 amide bonds. The maximum atomic E-state index is 9.83. The summed E-state index contributed by atoms with van der Waals surface area (Å²) in [6.45, 7) is 4.66. The lowest BCUT2D eigenvalue weighted by Crippen LogP contribution is -2.39. The average molecular weight is 282 g/mol. The summed E-state index contributed by atoms with van der Waals surface area (Å²) in [7, 11) is 2.17. The molecule has 5 heteroatoms. The van der Waals surface area contributed by atoms with Gasteiger partial charge in [0.15, 0.2) is 0 Å². The predicted molar refractivity (Wildman–Crippen MR) is 77.5 cm³/mol. The molecule has 114 valence electrons. The van der Waals surface area contributed by atoms with Crippen LogP contribution in [0.1, 0.15) is 18.6 Å². The molecule has 2 heterocycles. The minimum Gasteiger partial charge on any atom is -0.467 e. The molecule has 20 heavy (non-hydrogen) atoms. The second kappa shape index (κ2) is 8.42. The highest BCUT2D eigenvalue weighted by Gasteiger charge is 2.16. The van der Waals surface area contributed by atoms with E-state index in [4.69, 9.17) is 9.15 Å². The molecule has 2 unspecified atom stereocenters. The van der Waals surface area contributed by atoms with E-state index in [9.17, 15) is 5.11 Å². The summed E-state index contributed by atoms with van der Waals surface area (Å²) in [6, 6.07) is 3.70. The third kappa shape index (κ3) is 5.63. The highest BCUT2D eigenvalue weighted by atomic mass is 16.5. The first-order valence-corrected chi connectivity index (χ1v) is 7.41. The summed E-state index contributed by atoms with van der Waals surface area (Å²) in [4.78, 5) is 2.37. The van der Waals surface area contributed by atoms with E-state index in [1.165, 1.54) is 19.4 Å². The van der Waals surface area contributed by atoms with Gasteiger partial charge >= 0.3 is 0 Å². The van der Waals surface area contributed by atoms with Crippen LogP contribution in [0.15, 0.2) is 22.8 Å². The van der Waals surface area contributed by atoms with Gasteiger partial charge in [0.1, 0.15) is 12.4 Å². The fourth-order valence-electron chi connectivity index (χ4n) is 2.64. The van der Waals surface area contributed by atoms with Crippen molar-refractivity contribution in [1.82, 2.24) is 10.2 Å². The Morgan fingerprint density at radius 1 is 1.60 bits per heavy atom. The van der Waals surface area contributed by atoms with Crippen molar-refractivity contribution >= 4 is 0 Å². The molecule has 2 N–H and O–H groups in total. The first kappa shape index (κ1) is 15.5. The van der Waals surface area contributed by atoms with E-state index in [1.54, 1.807) is 6.26 Å². The molecule has 0 aliphatic carbocycles. The van der Waals surface area contributed by atoms with Crippen LogP contribution in [0.2, 0.25) is 0 Å². The normalized spacial score (nSPS) is 22.0. The van der Waals surface area contributed by atoms with E-state index in [-0.39, 0.29) is 0 Å². The Labute approximate surface area is 120 Å². The molecule has 1 saturated heterocycles. The van der Waals surface area contributed by atoms with Crippen LogP contribution in [0, 0.1) is 5.92 Å². The molecule has 2 rings (SSSR count). The Hall–Kier alpha value is -0.880. The van der Waals surface area contributed by atoms with Crippen molar-refractivity contribution in [2.24, 2.45) is 5.92 Å². The molecule has 0 aromatic carbocycles. The van der Waals surface area contributed by atoms with Gasteiger partial charge in [0.25, 0.3) is 0 Å². The quantitative estimate of drug-likeness (QED) is 0.747. The van der Waals surface area contributed by atoms with Crippen molar-refractivity contribution in [2.45, 2.75) is 25.6 Å². The van der Waals surface area contributed by atoms with E-state index in [0.717, 1.165) is 18.8 Å². The van der Waals surface area contributed by atoms with E-state index in [0.29, 0.717) is 25.7 Å². The number of hydrogen-bond acceptors (Lipinski definition) is 5. The number of likely N-dealkylation sites (tertiary alicyclic amines) is 1. The van der Waals surface area contributed by atoms with Crippen LogP contribution in [-0.4, -0.2) is 55.9 Å². The van der Waals surface area contributed by atoms with Crippen LogP contribution >= 0.6 is 0 Å². The molecule has 2 atom stereocenters. The molecular formula is C15H26N2O3. The third-order valence-corrected chi connectivity index (χ3v) is 3.67. The van der Waals surface area contributed by atoms with Gasteiger partial charge in [0.05, 0.1) is 19.0 Å². The van der Waals surface area contributed by atoms with Crippen LogP contribution in [0.3, 0.4) is 0 Å². The second-order valence-corrected chi connectivity index (χ2v) is 5.68. The van der Waals surface area contributed by atoms with E-state index in [2.05, 4.69) is 17.3 Å². The van der Waals surface area contributed by atoms with Crippen molar-refractivity contribution in [3.05, 3.63) is 24.2 Å². The smallest absolute Gasteiger partial charge is 0.129 e. The van der Waals surface area contributed by atoms with Gasteiger partial charge in [-0.15, -0.1) is 0 Å². The molecular weight excluding hydrogens is 256 g/mol. The maximum Gasteiger partial charge on any atom is 0.129 e. The molecule has 0 saturated carbocycles. The van der Waals surface area contributed by atoms with Crippen molar-refractivity contribution < 1.29 is 14.3 Å². The molecule has 1 fully saturated rings. The van der Waals surface area contributed by atoms with Crippen molar-refractivity contribution in [1.29, 1.82) is 0 Å². The minimum atomic E-state index is -0.466. The maximum absolute atomic E-state index is 9.83. The fourth-order valence-corrected chi connectivity index (χ4v) is 2.64. The number of nitrogens with one attached hydrogen (secondary N) is 1. The van der Waals surface area contributed by atoms with Crippen molar-refractivity contribution in [3.63, 3.8) is 0 Å². The standard InChI is InChI=1S/C15H26N2O3/c1-17-6-2-4-13(10-17)8-16-9-14(18)11-19-12-15-5-3-7-20-15/h3,5,7,13-14,16,18H,2,4,6,8-12H2,1H3. The zero-order valence-electron chi connectivity index (χ0n) is 12.3. The van der Waals surface area contributed by atoms with Crippen LogP contribution in [0.4, 0.5) is 0 Å². The van der Waals surface area contributed by atoms with Gasteiger partial charge in [-0.3, -0.25) is 0 Å². The Morgan fingerprint density at radius 2 is 2.50 bits per heavy atom. The van der Waals surface area contributed by atoms with E-state index < -0.39 is 6.10 Å². The highest BCUT2D eigenvalue weighted by molar-refractivity contribution is 4.96. The average Bonchev–Trinajstić information content (AvgIpc) is 2.92. The number of ether oxygens (including phenoxy) is 1. The summed E-state index contributed by atoms with van der Waals surface area (Å²) in [5, 5.41) is 13.2. The Morgan fingerprint density at radius 3 is 3.25 bits per heavy atom. The summed E-state index contributed by atoms with van der Waals surface area (Å²) in [6.07, 6.45) is 3.71. The highest BCUT2D eigenvalue weighted by Crippen LogP contribution is 2.13. The Kier molecular flexibility index (Phi) is 6.53. The van der Waals surface area contributed by atoms with Gasteiger partial charge in [-0.25, -0.2) is 0 Å². The first-order chi connectivity index (χ1) is 9.74. The molecule has 0 radical (unpaired) electrons. The number of nitrogens with zero attached hydrogens (tertiary/aromatic N) is 1. The van der Waals surface area contributed by atoms with Crippen molar-refractivity contribution in [2.75, 3.05) is 39.8 Å². The number of aliphatic hydroxyl groups excluding tert-OH is 1. The Balaban J connectivity index is 1.50. The molecule has 0 bridgehead atoms. The number of hydrogen-bond donors (Lipinski definition) is 2. The number of rotatable bonds is 8. The lowest BCUT2D eigenvalue weighted by Gasteiger charge is -2.30. The van der Waals surface area contributed by atoms with Crippen LogP contribution < -0.4 is 5.32 Å². The summed E-state index contributed by atoms with van der Waals surface area (Å²) < 4.78 is 10.6. The molecule has 5 nitrogen and oxygen atoms in total. The number of aliphatic hydroxyl groups is 1. The van der Waals surface area contributed by atoms with E-state index in [1.807, 2.05) is 12.1 Å². The van der Waals surface area contributed by atoms with Crippen molar-refractivity contribution in [3.8, 4) is 0 Å². The van der Waals surface area contributed by atoms with Gasteiger partial charge in [-0.1, -0.05) is 0 Å². The summed E-state index contributed by atoms with van der Waals surface area (Å²) in [5.74, 6) is 1.49. The molecule has 0 spiro atoms. The third-order valence-electron chi connectivity index (χ3n) is 3.67. The largest absolute Gasteiger partial charge is 0.467 e. The van der Waals surface area contributed by atoms with E-state index >= 15 is 0 Å². The predicted octanol–water partition coefficient (Wildman–Crippen LogP) is 1.09. The summed E-state index contributed by atoms with van der Waals surface area (Å²) >= 11 is 0. The van der Waals surface area contributed by atoms with Crippen LogP contribution in [0.5, 0.6) is 0 Å². The molecule has 1 aromatic rings. The van der Waals surface area contributed by atoms with Crippen LogP contribution in [0.25, 0.3) is 0 Å².